The first-order chi connectivity index (χ1) is 9.97. The van der Waals surface area contributed by atoms with Crippen LogP contribution in [0.1, 0.15) is 5.56 Å². The summed E-state index contributed by atoms with van der Waals surface area (Å²) in [5.41, 5.74) is 5.36. The number of nitro groups is 1. The van der Waals surface area contributed by atoms with Crippen LogP contribution in [-0.2, 0) is 6.42 Å². The lowest BCUT2D eigenvalue weighted by Gasteiger charge is -2.06. The van der Waals surface area contributed by atoms with E-state index >= 15 is 0 Å². The van der Waals surface area contributed by atoms with Crippen LogP contribution in [0, 0.1) is 21.7 Å². The van der Waals surface area contributed by atoms with E-state index < -0.39 is 16.6 Å². The van der Waals surface area contributed by atoms with Crippen LogP contribution >= 0.6 is 0 Å². The summed E-state index contributed by atoms with van der Waals surface area (Å²) in [6, 6.07) is 3.31. The number of nitrogens with zero attached hydrogens (tertiary/aromatic N) is 3. The van der Waals surface area contributed by atoms with Crippen LogP contribution in [-0.4, -0.2) is 21.4 Å². The van der Waals surface area contributed by atoms with Gasteiger partial charge in [0.2, 0.25) is 11.8 Å². The van der Waals surface area contributed by atoms with E-state index in [1.807, 2.05) is 0 Å². The van der Waals surface area contributed by atoms with Crippen LogP contribution in [0.4, 0.5) is 26.2 Å². The van der Waals surface area contributed by atoms with Gasteiger partial charge in [-0.3, -0.25) is 10.1 Å². The third-order valence-corrected chi connectivity index (χ3v) is 2.69. The average Bonchev–Trinajstić information content (AvgIpc) is 2.41. The van der Waals surface area contributed by atoms with Crippen molar-refractivity contribution in [2.24, 2.45) is 0 Å². The Hall–Kier alpha value is -2.84. The Morgan fingerprint density at radius 3 is 2.76 bits per heavy atom. The predicted octanol–water partition coefficient (Wildman–Crippen LogP) is 1.90. The van der Waals surface area contributed by atoms with Gasteiger partial charge in [-0.1, -0.05) is 6.07 Å². The van der Waals surface area contributed by atoms with E-state index in [1.54, 1.807) is 0 Å². The largest absolute Gasteiger partial charge is 0.378 e. The Balaban J connectivity index is 1.97. The number of hydrogen-bond acceptors (Lipinski definition) is 6. The number of nitrogens with one attached hydrogen (secondary N) is 1. The molecule has 0 aliphatic carbocycles. The minimum absolute atomic E-state index is 0.0978. The monoisotopic (exact) mass is 295 g/mol. The summed E-state index contributed by atoms with van der Waals surface area (Å²) in [4.78, 5) is 17.3. The molecule has 1 aromatic heterocycles. The lowest BCUT2D eigenvalue weighted by Crippen LogP contribution is -2.10. The molecule has 9 heteroatoms. The van der Waals surface area contributed by atoms with Crippen molar-refractivity contribution in [1.82, 2.24) is 9.97 Å². The number of halogens is 2. The first-order valence-electron chi connectivity index (χ1n) is 5.92. The fraction of sp³-hybridized carbons (Fsp3) is 0.167. The van der Waals surface area contributed by atoms with Gasteiger partial charge in [-0.05, 0) is 18.1 Å². The van der Waals surface area contributed by atoms with Crippen molar-refractivity contribution in [3.05, 3.63) is 51.7 Å². The van der Waals surface area contributed by atoms with E-state index in [9.17, 15) is 18.9 Å². The first-order valence-corrected chi connectivity index (χ1v) is 5.92. The number of hydrogen-bond donors (Lipinski definition) is 2. The Bertz CT molecular complexity index is 681. The fourth-order valence-corrected chi connectivity index (χ4v) is 1.65. The van der Waals surface area contributed by atoms with Crippen molar-refractivity contribution < 1.29 is 13.7 Å². The molecule has 3 N–H and O–H groups in total. The highest BCUT2D eigenvalue weighted by atomic mass is 19.1. The minimum atomic E-state index is -0.687. The van der Waals surface area contributed by atoms with Gasteiger partial charge in [0.15, 0.2) is 0 Å². The zero-order chi connectivity index (χ0) is 15.4. The fourth-order valence-electron chi connectivity index (χ4n) is 1.65. The van der Waals surface area contributed by atoms with Gasteiger partial charge in [0, 0.05) is 12.6 Å². The minimum Gasteiger partial charge on any atom is -0.378 e. The van der Waals surface area contributed by atoms with Gasteiger partial charge in [-0.2, -0.15) is 4.98 Å². The SMILES string of the molecule is Nc1nc(NCCc2ccc(F)cc2F)ncc1[N+](=O)[O-]. The Morgan fingerprint density at radius 1 is 1.38 bits per heavy atom. The second-order valence-corrected chi connectivity index (χ2v) is 4.13. The van der Waals surface area contributed by atoms with E-state index in [1.165, 1.54) is 12.1 Å². The van der Waals surface area contributed by atoms with Crippen molar-refractivity contribution in [2.75, 3.05) is 17.6 Å². The lowest BCUT2D eigenvalue weighted by molar-refractivity contribution is -0.384. The van der Waals surface area contributed by atoms with Gasteiger partial charge < -0.3 is 11.1 Å². The maximum absolute atomic E-state index is 13.4. The lowest BCUT2D eigenvalue weighted by atomic mass is 10.1. The zero-order valence-electron chi connectivity index (χ0n) is 10.7. The number of aromatic nitrogens is 2. The standard InChI is InChI=1S/C12H11F2N5O2/c13-8-2-1-7(9(14)5-8)3-4-16-12-17-6-10(19(20)21)11(15)18-12/h1-2,5-6H,3-4H2,(H3,15,16,17,18). The summed E-state index contributed by atoms with van der Waals surface area (Å²) in [5, 5.41) is 13.3. The highest BCUT2D eigenvalue weighted by Crippen LogP contribution is 2.18. The molecule has 1 aromatic carbocycles. The van der Waals surface area contributed by atoms with Crippen molar-refractivity contribution in [2.45, 2.75) is 6.42 Å². The molecule has 0 bridgehead atoms. The topological polar surface area (TPSA) is 107 Å². The van der Waals surface area contributed by atoms with Gasteiger partial charge >= 0.3 is 5.69 Å². The number of nitrogen functional groups attached to an aromatic ring is 1. The van der Waals surface area contributed by atoms with Gasteiger partial charge in [-0.25, -0.2) is 13.8 Å². The van der Waals surface area contributed by atoms with Crippen LogP contribution in [0.2, 0.25) is 0 Å². The predicted molar refractivity (Wildman–Crippen MR) is 71.7 cm³/mol. The molecule has 2 aromatic rings. The normalized spacial score (nSPS) is 10.4. The van der Waals surface area contributed by atoms with E-state index in [-0.39, 0.29) is 30.4 Å². The summed E-state index contributed by atoms with van der Waals surface area (Å²) in [7, 11) is 0. The molecule has 0 amide bonds. The third kappa shape index (κ3) is 3.59. The molecular formula is C12H11F2N5O2. The van der Waals surface area contributed by atoms with E-state index in [0.29, 0.717) is 5.56 Å². The Kier molecular flexibility index (Phi) is 4.21. The number of benzene rings is 1. The molecule has 21 heavy (non-hydrogen) atoms. The van der Waals surface area contributed by atoms with E-state index in [0.717, 1.165) is 12.3 Å². The number of nitrogens with two attached hydrogens (primary N) is 1. The molecule has 0 spiro atoms. The molecule has 0 saturated heterocycles. The second kappa shape index (κ2) is 6.07. The van der Waals surface area contributed by atoms with Crippen LogP contribution in [0.5, 0.6) is 0 Å². The maximum Gasteiger partial charge on any atom is 0.329 e. The molecule has 110 valence electrons. The zero-order valence-corrected chi connectivity index (χ0v) is 10.7. The van der Waals surface area contributed by atoms with Crippen LogP contribution in [0.15, 0.2) is 24.4 Å². The maximum atomic E-state index is 13.4. The average molecular weight is 295 g/mol. The number of rotatable bonds is 5. The first kappa shape index (κ1) is 14.6. The Morgan fingerprint density at radius 2 is 2.14 bits per heavy atom. The summed E-state index contributed by atoms with van der Waals surface area (Å²) in [6.07, 6.45) is 1.26. The highest BCUT2D eigenvalue weighted by Gasteiger charge is 2.14. The summed E-state index contributed by atoms with van der Waals surface area (Å²) in [5.74, 6) is -1.44. The summed E-state index contributed by atoms with van der Waals surface area (Å²) < 4.78 is 26.1. The summed E-state index contributed by atoms with van der Waals surface area (Å²) >= 11 is 0. The molecule has 0 aliphatic rings. The van der Waals surface area contributed by atoms with Crippen LogP contribution in [0.3, 0.4) is 0 Å². The van der Waals surface area contributed by atoms with Crippen molar-refractivity contribution >= 4 is 17.5 Å². The van der Waals surface area contributed by atoms with Crippen LogP contribution in [0.25, 0.3) is 0 Å². The van der Waals surface area contributed by atoms with Crippen LogP contribution < -0.4 is 11.1 Å². The van der Waals surface area contributed by atoms with Gasteiger partial charge in [0.1, 0.15) is 17.8 Å². The molecule has 0 atom stereocenters. The van der Waals surface area contributed by atoms with E-state index in [2.05, 4.69) is 15.3 Å². The molecular weight excluding hydrogens is 284 g/mol. The molecule has 1 heterocycles. The quantitative estimate of drug-likeness (QED) is 0.644. The summed E-state index contributed by atoms with van der Waals surface area (Å²) in [6.45, 7) is 0.264. The number of anilines is 2. The highest BCUT2D eigenvalue weighted by molar-refractivity contribution is 5.53. The smallest absolute Gasteiger partial charge is 0.329 e. The molecule has 7 nitrogen and oxygen atoms in total. The van der Waals surface area contributed by atoms with Gasteiger partial charge in [0.25, 0.3) is 0 Å². The van der Waals surface area contributed by atoms with E-state index in [4.69, 9.17) is 5.73 Å². The van der Waals surface area contributed by atoms with Gasteiger partial charge in [-0.15, -0.1) is 0 Å². The molecule has 0 unspecified atom stereocenters. The van der Waals surface area contributed by atoms with Gasteiger partial charge in [0.05, 0.1) is 4.92 Å². The Labute approximate surface area is 118 Å². The second-order valence-electron chi connectivity index (χ2n) is 4.13. The van der Waals surface area contributed by atoms with Crippen molar-refractivity contribution in [1.29, 1.82) is 0 Å². The van der Waals surface area contributed by atoms with Crippen molar-refractivity contribution in [3.63, 3.8) is 0 Å². The third-order valence-electron chi connectivity index (χ3n) is 2.69. The molecule has 2 rings (SSSR count). The molecule has 0 radical (unpaired) electrons. The molecule has 0 saturated carbocycles. The van der Waals surface area contributed by atoms with Crippen molar-refractivity contribution in [3.8, 4) is 0 Å². The molecule has 0 fully saturated rings. The molecule has 0 aliphatic heterocycles.